The number of ether oxygens (including phenoxy) is 3. The predicted octanol–water partition coefficient (Wildman–Crippen LogP) is 3.34. The summed E-state index contributed by atoms with van der Waals surface area (Å²) in [6.45, 7) is 3.52. The Morgan fingerprint density at radius 3 is 1.85 bits per heavy atom. The van der Waals surface area contributed by atoms with Crippen LogP contribution in [-0.2, 0) is 19.0 Å². The van der Waals surface area contributed by atoms with Crippen molar-refractivity contribution in [1.82, 2.24) is 0 Å². The Morgan fingerprint density at radius 2 is 1.40 bits per heavy atom. The van der Waals surface area contributed by atoms with Crippen molar-refractivity contribution in [1.29, 1.82) is 0 Å². The topological polar surface area (TPSA) is 65.0 Å². The fourth-order valence-corrected chi connectivity index (χ4v) is 2.05. The van der Waals surface area contributed by atoms with Crippen molar-refractivity contribution in [3.05, 3.63) is 12.2 Å². The largest absolute Gasteiger partial charge is 0.478 e. The first kappa shape index (κ1) is 19.1. The Bertz CT molecular complexity index is 276. The second-order valence-electron chi connectivity index (χ2n) is 4.83. The minimum absolute atomic E-state index is 0.301. The van der Waals surface area contributed by atoms with Crippen LogP contribution in [0.5, 0.6) is 0 Å². The van der Waals surface area contributed by atoms with E-state index in [1.807, 2.05) is 0 Å². The van der Waals surface area contributed by atoms with Gasteiger partial charge in [0, 0.05) is 33.3 Å². The highest BCUT2D eigenvalue weighted by molar-refractivity contribution is 5.85. The van der Waals surface area contributed by atoms with Gasteiger partial charge in [-0.05, 0) is 19.3 Å². The Labute approximate surface area is 121 Å². The van der Waals surface area contributed by atoms with E-state index in [1.54, 1.807) is 21.3 Å². The van der Waals surface area contributed by atoms with Crippen LogP contribution in [0.3, 0.4) is 0 Å². The lowest BCUT2D eigenvalue weighted by atomic mass is 10.1. The van der Waals surface area contributed by atoms with Gasteiger partial charge in [-0.1, -0.05) is 32.3 Å². The van der Waals surface area contributed by atoms with Crippen molar-refractivity contribution in [2.45, 2.75) is 57.3 Å². The Balaban J connectivity index is 3.54. The van der Waals surface area contributed by atoms with Crippen LogP contribution in [0.1, 0.15) is 51.4 Å². The van der Waals surface area contributed by atoms with E-state index in [2.05, 4.69) is 6.58 Å². The van der Waals surface area contributed by atoms with Gasteiger partial charge in [0.2, 0.25) is 0 Å². The average Bonchev–Trinajstić information content (AvgIpc) is 2.46. The van der Waals surface area contributed by atoms with Crippen LogP contribution < -0.4 is 0 Å². The van der Waals surface area contributed by atoms with Gasteiger partial charge in [0.1, 0.15) is 0 Å². The Kier molecular flexibility index (Phi) is 10.3. The Morgan fingerprint density at radius 1 is 0.950 bits per heavy atom. The van der Waals surface area contributed by atoms with Crippen molar-refractivity contribution in [2.75, 3.05) is 21.3 Å². The maximum absolute atomic E-state index is 10.5. The first-order chi connectivity index (χ1) is 9.51. The molecule has 0 saturated heterocycles. The summed E-state index contributed by atoms with van der Waals surface area (Å²) < 4.78 is 15.7. The molecule has 0 aromatic heterocycles. The third-order valence-electron chi connectivity index (χ3n) is 3.45. The molecule has 0 aromatic carbocycles. The standard InChI is InChI=1S/C15H28O5/c1-13(14(16)17)11-9-7-5-6-8-10-12-15(18-2,19-3)20-4/h1,5-12H2,2-4H3,(H,16,17). The van der Waals surface area contributed by atoms with Crippen molar-refractivity contribution >= 4 is 5.97 Å². The fourth-order valence-electron chi connectivity index (χ4n) is 2.05. The second-order valence-corrected chi connectivity index (χ2v) is 4.83. The van der Waals surface area contributed by atoms with E-state index in [9.17, 15) is 4.79 Å². The molecule has 0 atom stereocenters. The van der Waals surface area contributed by atoms with Crippen LogP contribution in [0.4, 0.5) is 0 Å². The molecule has 0 aromatic rings. The highest BCUT2D eigenvalue weighted by atomic mass is 16.9. The summed E-state index contributed by atoms with van der Waals surface area (Å²) in [5.41, 5.74) is 0.301. The van der Waals surface area contributed by atoms with Crippen molar-refractivity contribution in [2.24, 2.45) is 0 Å². The first-order valence-electron chi connectivity index (χ1n) is 7.08. The van der Waals surface area contributed by atoms with Crippen LogP contribution in [0, 0.1) is 0 Å². The molecule has 0 radical (unpaired) electrons. The molecule has 0 unspecified atom stereocenters. The van der Waals surface area contributed by atoms with Gasteiger partial charge in [0.15, 0.2) is 0 Å². The lowest BCUT2D eigenvalue weighted by Gasteiger charge is -2.28. The van der Waals surface area contributed by atoms with Crippen LogP contribution in [0.25, 0.3) is 0 Å². The van der Waals surface area contributed by atoms with E-state index in [0.717, 1.165) is 38.5 Å². The molecule has 0 aliphatic rings. The average molecular weight is 288 g/mol. The van der Waals surface area contributed by atoms with Gasteiger partial charge in [-0.2, -0.15) is 0 Å². The minimum Gasteiger partial charge on any atom is -0.478 e. The molecule has 5 heteroatoms. The molecule has 118 valence electrons. The summed E-state index contributed by atoms with van der Waals surface area (Å²) in [5, 5.41) is 8.67. The monoisotopic (exact) mass is 288 g/mol. The zero-order valence-electron chi connectivity index (χ0n) is 12.9. The lowest BCUT2D eigenvalue weighted by molar-refractivity contribution is -0.355. The third-order valence-corrected chi connectivity index (χ3v) is 3.45. The number of carboxylic acids is 1. The van der Waals surface area contributed by atoms with Crippen LogP contribution in [-0.4, -0.2) is 38.4 Å². The molecule has 20 heavy (non-hydrogen) atoms. The molecule has 0 spiro atoms. The van der Waals surface area contributed by atoms with Crippen molar-refractivity contribution in [3.8, 4) is 0 Å². The normalized spacial score (nSPS) is 11.6. The van der Waals surface area contributed by atoms with Crippen molar-refractivity contribution < 1.29 is 24.1 Å². The molecule has 1 N–H and O–H groups in total. The minimum atomic E-state index is -0.917. The van der Waals surface area contributed by atoms with E-state index in [0.29, 0.717) is 18.4 Å². The third kappa shape index (κ3) is 7.62. The SMILES string of the molecule is C=C(CCCCCCCCC(OC)(OC)OC)C(=O)O. The molecule has 0 aliphatic carbocycles. The fraction of sp³-hybridized carbons (Fsp3) is 0.800. The molecule has 5 nitrogen and oxygen atoms in total. The highest BCUT2D eigenvalue weighted by Crippen LogP contribution is 2.21. The molecule has 0 rings (SSSR count). The number of methoxy groups -OCH3 is 3. The second kappa shape index (κ2) is 10.8. The Hall–Kier alpha value is -0.910. The van der Waals surface area contributed by atoms with Crippen LogP contribution >= 0.6 is 0 Å². The number of rotatable bonds is 13. The van der Waals surface area contributed by atoms with Gasteiger partial charge in [0.05, 0.1) is 0 Å². The van der Waals surface area contributed by atoms with Gasteiger partial charge in [-0.25, -0.2) is 4.79 Å². The molecule has 0 fully saturated rings. The number of carbonyl (C=O) groups is 1. The summed E-state index contributed by atoms with van der Waals surface area (Å²) in [7, 11) is 4.72. The summed E-state index contributed by atoms with van der Waals surface area (Å²) in [4.78, 5) is 10.5. The zero-order valence-corrected chi connectivity index (χ0v) is 12.9. The van der Waals surface area contributed by atoms with E-state index in [1.165, 1.54) is 0 Å². The molecule has 0 amide bonds. The number of carboxylic acid groups (broad SMARTS) is 1. The molecule has 0 heterocycles. The molecular weight excluding hydrogens is 260 g/mol. The maximum atomic E-state index is 10.5. The number of hydrogen-bond acceptors (Lipinski definition) is 4. The highest BCUT2D eigenvalue weighted by Gasteiger charge is 2.28. The lowest BCUT2D eigenvalue weighted by Crippen LogP contribution is -2.35. The molecular formula is C15H28O5. The zero-order chi connectivity index (χ0) is 15.4. The number of aliphatic carboxylic acids is 1. The van der Waals surface area contributed by atoms with Crippen LogP contribution in [0.15, 0.2) is 12.2 Å². The summed E-state index contributed by atoms with van der Waals surface area (Å²) in [6, 6.07) is 0. The first-order valence-corrected chi connectivity index (χ1v) is 7.08. The van der Waals surface area contributed by atoms with Gasteiger partial charge in [-0.3, -0.25) is 0 Å². The molecule has 0 saturated carbocycles. The summed E-state index contributed by atoms with van der Waals surface area (Å²) in [6.07, 6.45) is 7.48. The van der Waals surface area contributed by atoms with E-state index in [4.69, 9.17) is 19.3 Å². The number of unbranched alkanes of at least 4 members (excludes halogenated alkanes) is 5. The molecule has 0 aliphatic heterocycles. The van der Waals surface area contributed by atoms with Gasteiger partial charge in [0.25, 0.3) is 5.97 Å². The van der Waals surface area contributed by atoms with Gasteiger partial charge < -0.3 is 19.3 Å². The summed E-state index contributed by atoms with van der Waals surface area (Å²) >= 11 is 0. The summed E-state index contributed by atoms with van der Waals surface area (Å²) in [5.74, 6) is -1.81. The van der Waals surface area contributed by atoms with E-state index < -0.39 is 11.9 Å². The predicted molar refractivity (Wildman–Crippen MR) is 77.5 cm³/mol. The van der Waals surface area contributed by atoms with E-state index in [-0.39, 0.29) is 0 Å². The van der Waals surface area contributed by atoms with Gasteiger partial charge >= 0.3 is 5.97 Å². The van der Waals surface area contributed by atoms with Crippen LogP contribution in [0.2, 0.25) is 0 Å². The maximum Gasteiger partial charge on any atom is 0.330 e. The smallest absolute Gasteiger partial charge is 0.330 e. The van der Waals surface area contributed by atoms with E-state index >= 15 is 0 Å². The van der Waals surface area contributed by atoms with Crippen molar-refractivity contribution in [3.63, 3.8) is 0 Å². The van der Waals surface area contributed by atoms with Gasteiger partial charge in [-0.15, -0.1) is 0 Å². The molecule has 0 bridgehead atoms. The quantitative estimate of drug-likeness (QED) is 0.320. The number of hydrogen-bond donors (Lipinski definition) is 1.